The maximum atomic E-state index is 5.84. The third-order valence-electron chi connectivity index (χ3n) is 4.22. The van der Waals surface area contributed by atoms with Crippen molar-refractivity contribution in [3.05, 3.63) is 24.3 Å². The molecule has 1 aliphatic rings. The van der Waals surface area contributed by atoms with E-state index >= 15 is 0 Å². The van der Waals surface area contributed by atoms with Gasteiger partial charge in [0, 0.05) is 6.04 Å². The molecule has 1 aromatic rings. The van der Waals surface area contributed by atoms with Crippen LogP contribution >= 0.6 is 0 Å². The van der Waals surface area contributed by atoms with Crippen molar-refractivity contribution in [1.29, 1.82) is 0 Å². The molecule has 2 heteroatoms. The Hall–Kier alpha value is -1.18. The summed E-state index contributed by atoms with van der Waals surface area (Å²) in [6.45, 7) is 7.65. The summed E-state index contributed by atoms with van der Waals surface area (Å²) in [5.41, 5.74) is 1.15. The highest BCUT2D eigenvalue weighted by Crippen LogP contribution is 2.34. The normalized spacial score (nSPS) is 27.0. The molecule has 19 heavy (non-hydrogen) atoms. The summed E-state index contributed by atoms with van der Waals surface area (Å²) in [5, 5.41) is 3.73. The molecule has 0 radical (unpaired) electrons. The van der Waals surface area contributed by atoms with Crippen LogP contribution in [0.5, 0.6) is 5.75 Å². The second kappa shape index (κ2) is 6.83. The Morgan fingerprint density at radius 3 is 2.53 bits per heavy atom. The highest BCUT2D eigenvalue weighted by Gasteiger charge is 2.28. The van der Waals surface area contributed by atoms with E-state index in [-0.39, 0.29) is 0 Å². The number of anilines is 1. The van der Waals surface area contributed by atoms with E-state index in [1.165, 1.54) is 19.3 Å². The zero-order valence-electron chi connectivity index (χ0n) is 12.5. The number of rotatable bonds is 5. The smallest absolute Gasteiger partial charge is 0.142 e. The van der Waals surface area contributed by atoms with Crippen LogP contribution < -0.4 is 10.1 Å². The minimum Gasteiger partial charge on any atom is -0.491 e. The van der Waals surface area contributed by atoms with Crippen LogP contribution in [-0.2, 0) is 0 Å². The molecule has 1 saturated carbocycles. The van der Waals surface area contributed by atoms with Crippen LogP contribution in [0.2, 0.25) is 0 Å². The van der Waals surface area contributed by atoms with Crippen LogP contribution in [0.1, 0.15) is 46.5 Å². The predicted octanol–water partition coefficient (Wildman–Crippen LogP) is 4.71. The van der Waals surface area contributed by atoms with E-state index < -0.39 is 0 Å². The van der Waals surface area contributed by atoms with Crippen molar-refractivity contribution in [3.8, 4) is 5.75 Å². The van der Waals surface area contributed by atoms with E-state index in [0.717, 1.165) is 36.3 Å². The molecule has 1 N–H and O–H groups in total. The summed E-state index contributed by atoms with van der Waals surface area (Å²) in [6, 6.07) is 8.90. The molecule has 0 heterocycles. The van der Waals surface area contributed by atoms with E-state index in [9.17, 15) is 0 Å². The van der Waals surface area contributed by atoms with E-state index in [1.807, 2.05) is 6.07 Å². The lowest BCUT2D eigenvalue weighted by Gasteiger charge is -2.36. The van der Waals surface area contributed by atoms with Gasteiger partial charge in [-0.3, -0.25) is 0 Å². The summed E-state index contributed by atoms with van der Waals surface area (Å²) >= 11 is 0. The largest absolute Gasteiger partial charge is 0.491 e. The zero-order chi connectivity index (χ0) is 13.7. The van der Waals surface area contributed by atoms with Gasteiger partial charge < -0.3 is 10.1 Å². The summed E-state index contributed by atoms with van der Waals surface area (Å²) < 4.78 is 5.84. The van der Waals surface area contributed by atoms with Crippen LogP contribution in [-0.4, -0.2) is 12.6 Å². The number of hydrogen-bond donors (Lipinski definition) is 1. The second-order valence-corrected chi connectivity index (χ2v) is 5.90. The van der Waals surface area contributed by atoms with Crippen molar-refractivity contribution in [2.75, 3.05) is 11.9 Å². The van der Waals surface area contributed by atoms with Crippen LogP contribution in [0.3, 0.4) is 0 Å². The summed E-state index contributed by atoms with van der Waals surface area (Å²) in [5.74, 6) is 2.47. The first-order valence-corrected chi connectivity index (χ1v) is 7.70. The molecular weight excluding hydrogens is 234 g/mol. The number of para-hydroxylation sites is 2. The van der Waals surface area contributed by atoms with Crippen molar-refractivity contribution >= 4 is 5.69 Å². The summed E-state index contributed by atoms with van der Waals surface area (Å²) in [6.07, 6.45) is 5.08. The predicted molar refractivity (Wildman–Crippen MR) is 81.8 cm³/mol. The Labute approximate surface area is 117 Å². The van der Waals surface area contributed by atoms with Crippen LogP contribution in [0.15, 0.2) is 24.3 Å². The van der Waals surface area contributed by atoms with Crippen molar-refractivity contribution in [2.24, 2.45) is 11.8 Å². The molecule has 0 aromatic heterocycles. The van der Waals surface area contributed by atoms with Crippen molar-refractivity contribution < 1.29 is 4.74 Å². The van der Waals surface area contributed by atoms with E-state index in [4.69, 9.17) is 4.74 Å². The number of nitrogens with one attached hydrogen (secondary N) is 1. The molecule has 1 aromatic carbocycles. The highest BCUT2D eigenvalue weighted by atomic mass is 16.5. The third-order valence-corrected chi connectivity index (χ3v) is 4.22. The standard InChI is InChI=1S/C17H27NO/c1-4-12-19-16-11-6-5-10-15(16)18-17-13(2)8-7-9-14(17)3/h5-6,10-11,13-14,17-18H,4,7-9,12H2,1-3H3. The topological polar surface area (TPSA) is 21.3 Å². The molecule has 2 atom stereocenters. The van der Waals surface area contributed by atoms with Crippen molar-refractivity contribution in [2.45, 2.75) is 52.5 Å². The van der Waals surface area contributed by atoms with Gasteiger partial charge in [0.05, 0.1) is 12.3 Å². The second-order valence-electron chi connectivity index (χ2n) is 5.90. The molecule has 0 aliphatic heterocycles. The van der Waals surface area contributed by atoms with Gasteiger partial charge in [-0.1, -0.05) is 39.3 Å². The fourth-order valence-corrected chi connectivity index (χ4v) is 3.07. The first-order chi connectivity index (χ1) is 9.22. The Balaban J connectivity index is 2.08. The highest BCUT2D eigenvalue weighted by molar-refractivity contribution is 5.57. The number of ether oxygens (including phenoxy) is 1. The first-order valence-electron chi connectivity index (χ1n) is 7.70. The zero-order valence-corrected chi connectivity index (χ0v) is 12.5. The van der Waals surface area contributed by atoms with E-state index in [1.54, 1.807) is 0 Å². The lowest BCUT2D eigenvalue weighted by Crippen LogP contribution is -2.37. The Morgan fingerprint density at radius 1 is 1.16 bits per heavy atom. The molecule has 0 spiro atoms. The molecule has 106 valence electrons. The van der Waals surface area contributed by atoms with Gasteiger partial charge in [0.2, 0.25) is 0 Å². The summed E-state index contributed by atoms with van der Waals surface area (Å²) in [7, 11) is 0. The van der Waals surface area contributed by atoms with Gasteiger partial charge in [-0.15, -0.1) is 0 Å². The maximum Gasteiger partial charge on any atom is 0.142 e. The molecule has 0 bridgehead atoms. The molecular formula is C17H27NO. The van der Waals surface area contributed by atoms with E-state index in [2.05, 4.69) is 44.3 Å². The van der Waals surface area contributed by atoms with Gasteiger partial charge in [0.15, 0.2) is 0 Å². The number of hydrogen-bond acceptors (Lipinski definition) is 2. The van der Waals surface area contributed by atoms with Crippen LogP contribution in [0.25, 0.3) is 0 Å². The Kier molecular flexibility index (Phi) is 5.12. The SMILES string of the molecule is CCCOc1ccccc1NC1C(C)CCCC1C. The molecule has 2 nitrogen and oxygen atoms in total. The van der Waals surface area contributed by atoms with Gasteiger partial charge in [0.1, 0.15) is 5.75 Å². The first kappa shape index (κ1) is 14.2. The fraction of sp³-hybridized carbons (Fsp3) is 0.647. The van der Waals surface area contributed by atoms with Gasteiger partial charge in [-0.05, 0) is 43.2 Å². The third kappa shape index (κ3) is 3.65. The minimum atomic E-state index is 0.570. The lowest BCUT2D eigenvalue weighted by atomic mass is 9.78. The van der Waals surface area contributed by atoms with Gasteiger partial charge >= 0.3 is 0 Å². The molecule has 2 unspecified atom stereocenters. The Bertz CT molecular complexity index is 381. The average molecular weight is 261 g/mol. The monoisotopic (exact) mass is 261 g/mol. The van der Waals surface area contributed by atoms with Gasteiger partial charge in [-0.2, -0.15) is 0 Å². The molecule has 0 amide bonds. The van der Waals surface area contributed by atoms with Crippen LogP contribution in [0.4, 0.5) is 5.69 Å². The maximum absolute atomic E-state index is 5.84. The molecule has 2 rings (SSSR count). The van der Waals surface area contributed by atoms with Crippen molar-refractivity contribution in [3.63, 3.8) is 0 Å². The van der Waals surface area contributed by atoms with Gasteiger partial charge in [-0.25, -0.2) is 0 Å². The van der Waals surface area contributed by atoms with E-state index in [0.29, 0.717) is 6.04 Å². The average Bonchev–Trinajstić information content (AvgIpc) is 2.42. The van der Waals surface area contributed by atoms with Crippen molar-refractivity contribution in [1.82, 2.24) is 0 Å². The van der Waals surface area contributed by atoms with Crippen LogP contribution in [0, 0.1) is 11.8 Å². The fourth-order valence-electron chi connectivity index (χ4n) is 3.07. The van der Waals surface area contributed by atoms with Gasteiger partial charge in [0.25, 0.3) is 0 Å². The molecule has 0 saturated heterocycles. The lowest BCUT2D eigenvalue weighted by molar-refractivity contribution is 0.266. The molecule has 1 fully saturated rings. The molecule has 1 aliphatic carbocycles. The quantitative estimate of drug-likeness (QED) is 0.828. The minimum absolute atomic E-state index is 0.570. The Morgan fingerprint density at radius 2 is 1.84 bits per heavy atom. The summed E-state index contributed by atoms with van der Waals surface area (Å²) in [4.78, 5) is 0. The number of benzene rings is 1.